The minimum absolute atomic E-state index is 0.0805. The van der Waals surface area contributed by atoms with Crippen LogP contribution < -0.4 is 5.73 Å². The van der Waals surface area contributed by atoms with Crippen LogP contribution in [0, 0.1) is 5.92 Å². The molecule has 0 saturated heterocycles. The SMILES string of the molecule is CC[C@@]1(N)CC[C@H](c2ccc3c(c2)CC[C@@H](CCc2ccccn2)C3)C1. The highest BCUT2D eigenvalue weighted by Crippen LogP contribution is 2.42. The molecule has 4 rings (SSSR count). The van der Waals surface area contributed by atoms with E-state index in [9.17, 15) is 0 Å². The normalized spacial score (nSPS) is 28.1. The molecule has 138 valence electrons. The lowest BCUT2D eigenvalue weighted by Crippen LogP contribution is -2.35. The van der Waals surface area contributed by atoms with Crippen LogP contribution in [0.3, 0.4) is 0 Å². The van der Waals surface area contributed by atoms with Gasteiger partial charge in [-0.2, -0.15) is 0 Å². The molecule has 0 spiro atoms. The summed E-state index contributed by atoms with van der Waals surface area (Å²) in [5.74, 6) is 1.48. The Bertz CT molecular complexity index is 739. The molecule has 26 heavy (non-hydrogen) atoms. The van der Waals surface area contributed by atoms with E-state index in [4.69, 9.17) is 5.73 Å². The smallest absolute Gasteiger partial charge is 0.0403 e. The first-order chi connectivity index (χ1) is 12.6. The average molecular weight is 349 g/mol. The largest absolute Gasteiger partial charge is 0.325 e. The van der Waals surface area contributed by atoms with E-state index in [1.165, 1.54) is 49.8 Å². The molecule has 2 aromatic rings. The zero-order valence-electron chi connectivity index (χ0n) is 16.1. The predicted molar refractivity (Wildman–Crippen MR) is 108 cm³/mol. The number of hydrogen-bond acceptors (Lipinski definition) is 2. The summed E-state index contributed by atoms with van der Waals surface area (Å²) >= 11 is 0. The fourth-order valence-electron chi connectivity index (χ4n) is 5.01. The molecule has 0 aliphatic heterocycles. The van der Waals surface area contributed by atoms with Crippen molar-refractivity contribution >= 4 is 0 Å². The number of hydrogen-bond donors (Lipinski definition) is 1. The summed E-state index contributed by atoms with van der Waals surface area (Å²) in [5, 5.41) is 0. The molecule has 2 heteroatoms. The molecular formula is C24H32N2. The monoisotopic (exact) mass is 348 g/mol. The zero-order chi connectivity index (χ0) is 18.0. The highest BCUT2D eigenvalue weighted by molar-refractivity contribution is 5.36. The van der Waals surface area contributed by atoms with Gasteiger partial charge in [0.2, 0.25) is 0 Å². The van der Waals surface area contributed by atoms with E-state index in [1.807, 2.05) is 12.3 Å². The summed E-state index contributed by atoms with van der Waals surface area (Å²) < 4.78 is 0. The molecule has 1 saturated carbocycles. The number of pyridine rings is 1. The number of aromatic nitrogens is 1. The Morgan fingerprint density at radius 2 is 2.08 bits per heavy atom. The standard InChI is InChI=1S/C24H32N2/c1-2-24(25)13-12-22(17-24)21-10-9-19-15-18(6-8-20(19)16-21)7-11-23-5-3-4-14-26-23/h3-5,9-10,14,16,18,22H,2,6-8,11-13,15,17,25H2,1H3/t18-,22-,24+/m0/s1. The lowest BCUT2D eigenvalue weighted by atomic mass is 9.79. The molecule has 2 nitrogen and oxygen atoms in total. The van der Waals surface area contributed by atoms with Crippen LogP contribution >= 0.6 is 0 Å². The molecule has 2 N–H and O–H groups in total. The first-order valence-corrected chi connectivity index (χ1v) is 10.5. The number of nitrogens with two attached hydrogens (primary N) is 1. The fraction of sp³-hybridized carbons (Fsp3) is 0.542. The molecule has 2 aliphatic carbocycles. The number of nitrogens with zero attached hydrogens (tertiary/aromatic N) is 1. The third kappa shape index (κ3) is 3.86. The number of aryl methyl sites for hydroxylation is 2. The summed E-state index contributed by atoms with van der Waals surface area (Å²) in [6, 6.07) is 13.6. The lowest BCUT2D eigenvalue weighted by Gasteiger charge is -2.26. The summed E-state index contributed by atoms with van der Waals surface area (Å²) in [6.45, 7) is 2.24. The van der Waals surface area contributed by atoms with Crippen molar-refractivity contribution in [2.75, 3.05) is 0 Å². The van der Waals surface area contributed by atoms with Gasteiger partial charge in [-0.1, -0.05) is 31.2 Å². The Kier molecular flexibility index (Phi) is 5.13. The summed E-state index contributed by atoms with van der Waals surface area (Å²) in [4.78, 5) is 4.47. The summed E-state index contributed by atoms with van der Waals surface area (Å²) in [5.41, 5.74) is 12.6. The molecule has 3 atom stereocenters. The predicted octanol–water partition coefficient (Wildman–Crippen LogP) is 5.19. The van der Waals surface area contributed by atoms with Crippen LogP contribution in [0.15, 0.2) is 42.6 Å². The maximum Gasteiger partial charge on any atom is 0.0403 e. The topological polar surface area (TPSA) is 38.9 Å². The van der Waals surface area contributed by atoms with Crippen LogP contribution in [0.2, 0.25) is 0 Å². The van der Waals surface area contributed by atoms with E-state index in [-0.39, 0.29) is 5.54 Å². The maximum absolute atomic E-state index is 6.52. The van der Waals surface area contributed by atoms with E-state index in [1.54, 1.807) is 11.1 Å². The van der Waals surface area contributed by atoms with Gasteiger partial charge in [0.05, 0.1) is 0 Å². The third-order valence-electron chi connectivity index (χ3n) is 6.91. The Hall–Kier alpha value is -1.67. The van der Waals surface area contributed by atoms with Crippen LogP contribution in [0.5, 0.6) is 0 Å². The van der Waals surface area contributed by atoms with Crippen molar-refractivity contribution < 1.29 is 0 Å². The Morgan fingerprint density at radius 3 is 2.85 bits per heavy atom. The number of rotatable bonds is 5. The van der Waals surface area contributed by atoms with E-state index in [0.29, 0.717) is 5.92 Å². The van der Waals surface area contributed by atoms with Gasteiger partial charge in [0.15, 0.2) is 0 Å². The molecule has 1 aromatic carbocycles. The van der Waals surface area contributed by atoms with Gasteiger partial charge < -0.3 is 5.73 Å². The molecular weight excluding hydrogens is 316 g/mol. The van der Waals surface area contributed by atoms with Gasteiger partial charge in [-0.3, -0.25) is 4.98 Å². The highest BCUT2D eigenvalue weighted by Gasteiger charge is 2.35. The zero-order valence-corrected chi connectivity index (χ0v) is 16.1. The van der Waals surface area contributed by atoms with Gasteiger partial charge in [-0.05, 0) is 98.4 Å². The van der Waals surface area contributed by atoms with E-state index < -0.39 is 0 Å². The van der Waals surface area contributed by atoms with Gasteiger partial charge in [-0.25, -0.2) is 0 Å². The van der Waals surface area contributed by atoms with Gasteiger partial charge in [0.1, 0.15) is 0 Å². The Morgan fingerprint density at radius 1 is 1.15 bits per heavy atom. The molecule has 1 heterocycles. The van der Waals surface area contributed by atoms with Gasteiger partial charge in [-0.15, -0.1) is 0 Å². The minimum Gasteiger partial charge on any atom is -0.325 e. The quantitative estimate of drug-likeness (QED) is 0.807. The fourth-order valence-corrected chi connectivity index (χ4v) is 5.01. The lowest BCUT2D eigenvalue weighted by molar-refractivity contribution is 0.417. The first kappa shape index (κ1) is 17.7. The van der Waals surface area contributed by atoms with Crippen LogP contribution in [0.25, 0.3) is 0 Å². The van der Waals surface area contributed by atoms with Crippen molar-refractivity contribution in [3.63, 3.8) is 0 Å². The molecule has 0 unspecified atom stereocenters. The van der Waals surface area contributed by atoms with Crippen molar-refractivity contribution in [2.24, 2.45) is 11.7 Å². The first-order valence-electron chi connectivity index (χ1n) is 10.5. The number of fused-ring (bicyclic) bond motifs is 1. The van der Waals surface area contributed by atoms with Crippen molar-refractivity contribution in [3.8, 4) is 0 Å². The maximum atomic E-state index is 6.52. The van der Waals surface area contributed by atoms with Crippen molar-refractivity contribution in [1.29, 1.82) is 0 Å². The molecule has 1 aromatic heterocycles. The van der Waals surface area contributed by atoms with Crippen LogP contribution in [0.1, 0.15) is 73.8 Å². The Labute approximate surface area is 158 Å². The summed E-state index contributed by atoms with van der Waals surface area (Å²) in [6.07, 6.45) is 12.8. The van der Waals surface area contributed by atoms with Crippen LogP contribution in [0.4, 0.5) is 0 Å². The highest BCUT2D eigenvalue weighted by atomic mass is 14.8. The molecule has 2 aliphatic rings. The van der Waals surface area contributed by atoms with Gasteiger partial charge in [0, 0.05) is 17.4 Å². The molecule has 1 fully saturated rings. The van der Waals surface area contributed by atoms with Gasteiger partial charge in [0.25, 0.3) is 0 Å². The second-order valence-electron chi connectivity index (χ2n) is 8.65. The second-order valence-corrected chi connectivity index (χ2v) is 8.65. The van der Waals surface area contributed by atoms with Crippen LogP contribution in [-0.4, -0.2) is 10.5 Å². The van der Waals surface area contributed by atoms with Crippen molar-refractivity contribution in [3.05, 3.63) is 65.0 Å². The minimum atomic E-state index is 0.0805. The van der Waals surface area contributed by atoms with E-state index in [2.05, 4.69) is 42.2 Å². The second kappa shape index (κ2) is 7.52. The molecule has 0 amide bonds. The van der Waals surface area contributed by atoms with E-state index >= 15 is 0 Å². The third-order valence-corrected chi connectivity index (χ3v) is 6.91. The van der Waals surface area contributed by atoms with Crippen molar-refractivity contribution in [2.45, 2.75) is 76.2 Å². The average Bonchev–Trinajstić information content (AvgIpc) is 3.09. The van der Waals surface area contributed by atoms with E-state index in [0.717, 1.165) is 25.2 Å². The molecule has 0 radical (unpaired) electrons. The van der Waals surface area contributed by atoms with Gasteiger partial charge >= 0.3 is 0 Å². The van der Waals surface area contributed by atoms with Crippen LogP contribution in [-0.2, 0) is 19.3 Å². The Balaban J connectivity index is 1.38. The molecule has 0 bridgehead atoms. The van der Waals surface area contributed by atoms with Crippen molar-refractivity contribution in [1.82, 2.24) is 4.98 Å². The number of benzene rings is 1. The summed E-state index contributed by atoms with van der Waals surface area (Å²) in [7, 11) is 0.